The van der Waals surface area contributed by atoms with Gasteiger partial charge in [0.15, 0.2) is 6.10 Å². The van der Waals surface area contributed by atoms with Crippen LogP contribution in [0.1, 0.15) is 252 Å². The molecule has 0 saturated heterocycles. The van der Waals surface area contributed by atoms with Crippen molar-refractivity contribution in [2.24, 2.45) is 0 Å². The van der Waals surface area contributed by atoms with Gasteiger partial charge in [0.1, 0.15) is 6.61 Å². The van der Waals surface area contributed by atoms with Gasteiger partial charge in [-0.2, -0.15) is 0 Å². The highest BCUT2D eigenvalue weighted by Crippen LogP contribution is 2.13. The molecule has 0 radical (unpaired) electrons. The second-order valence-corrected chi connectivity index (χ2v) is 17.4. The van der Waals surface area contributed by atoms with E-state index in [0.717, 1.165) is 103 Å². The van der Waals surface area contributed by atoms with Crippen molar-refractivity contribution in [3.05, 3.63) is 72.9 Å². The minimum atomic E-state index is -0.562. The molecule has 0 aliphatic rings. The van der Waals surface area contributed by atoms with E-state index >= 15 is 0 Å². The van der Waals surface area contributed by atoms with Crippen LogP contribution in [0.25, 0.3) is 0 Å². The molecule has 0 heterocycles. The van der Waals surface area contributed by atoms with Gasteiger partial charge in [0.25, 0.3) is 0 Å². The number of allylic oxidation sites excluding steroid dienone is 12. The summed E-state index contributed by atoms with van der Waals surface area (Å²) in [4.78, 5) is 25.4. The quantitative estimate of drug-likeness (QED) is 0.0346. The van der Waals surface area contributed by atoms with Gasteiger partial charge in [-0.05, 0) is 109 Å². The third-order valence-corrected chi connectivity index (χ3v) is 11.2. The lowest BCUT2D eigenvalue weighted by Gasteiger charge is -2.18. The van der Waals surface area contributed by atoms with Crippen molar-refractivity contribution in [3.63, 3.8) is 0 Å². The lowest BCUT2D eigenvalue weighted by atomic mass is 10.1. The van der Waals surface area contributed by atoms with Crippen molar-refractivity contribution in [1.82, 2.24) is 0 Å². The van der Waals surface area contributed by atoms with Gasteiger partial charge < -0.3 is 14.2 Å². The molecule has 0 aliphatic heterocycles. The molecule has 0 bridgehead atoms. The van der Waals surface area contributed by atoms with Crippen molar-refractivity contribution < 1.29 is 23.8 Å². The Bertz CT molecular complexity index is 1110. The largest absolute Gasteiger partial charge is 0.462 e. The van der Waals surface area contributed by atoms with Gasteiger partial charge in [0, 0.05) is 19.4 Å². The molecular weight excluding hydrogens is 765 g/mol. The number of esters is 2. The van der Waals surface area contributed by atoms with Gasteiger partial charge in [-0.3, -0.25) is 9.59 Å². The van der Waals surface area contributed by atoms with E-state index in [-0.39, 0.29) is 25.2 Å². The van der Waals surface area contributed by atoms with Crippen molar-refractivity contribution in [2.45, 2.75) is 258 Å². The normalized spacial score (nSPS) is 12.8. The van der Waals surface area contributed by atoms with Crippen LogP contribution in [0, 0.1) is 0 Å². The van der Waals surface area contributed by atoms with E-state index < -0.39 is 6.10 Å². The number of hydrogen-bond acceptors (Lipinski definition) is 5. The van der Waals surface area contributed by atoms with E-state index in [2.05, 4.69) is 93.7 Å². The van der Waals surface area contributed by atoms with E-state index in [1.165, 1.54) is 116 Å². The van der Waals surface area contributed by atoms with E-state index in [9.17, 15) is 9.59 Å². The van der Waals surface area contributed by atoms with Crippen LogP contribution in [-0.4, -0.2) is 37.9 Å². The number of rotatable bonds is 48. The van der Waals surface area contributed by atoms with Gasteiger partial charge in [-0.15, -0.1) is 0 Å². The van der Waals surface area contributed by atoms with Gasteiger partial charge in [0.05, 0.1) is 6.61 Å². The molecule has 5 nitrogen and oxygen atoms in total. The fourth-order valence-electron chi connectivity index (χ4n) is 7.25. The molecule has 358 valence electrons. The minimum Gasteiger partial charge on any atom is -0.462 e. The van der Waals surface area contributed by atoms with Crippen LogP contribution in [0.5, 0.6) is 0 Å². The summed E-state index contributed by atoms with van der Waals surface area (Å²) in [5, 5.41) is 0. The van der Waals surface area contributed by atoms with Crippen LogP contribution in [-0.2, 0) is 23.8 Å². The lowest BCUT2D eigenvalue weighted by Crippen LogP contribution is -2.30. The molecule has 0 aromatic carbocycles. The second-order valence-electron chi connectivity index (χ2n) is 17.4. The van der Waals surface area contributed by atoms with E-state index in [4.69, 9.17) is 14.2 Å². The zero-order valence-corrected chi connectivity index (χ0v) is 41.1. The molecule has 0 amide bonds. The summed E-state index contributed by atoms with van der Waals surface area (Å²) in [6.07, 6.45) is 67.7. The number of ether oxygens (including phenoxy) is 3. The Morgan fingerprint density at radius 1 is 0.371 bits per heavy atom. The standard InChI is InChI=1S/C57H100O5/c1-4-7-10-13-16-19-22-25-28-31-34-37-40-43-46-49-52-60-53-55(62-57(59)51-48-45-42-39-36-33-30-27-24-21-18-15-12-9-6-3)54-61-56(58)50-47-44-41-38-35-32-29-26-23-20-17-14-11-8-5-2/h7,10,16,19,25-30,34,37,55H,4-6,8-9,11-15,17-18,20-24,31-33,35-36,38-54H2,1-3H3/b10-7-,19-16-,28-25-,29-26-,30-27-,37-34-. The molecule has 0 aliphatic carbocycles. The number of carbonyl (C=O) groups is 2. The zero-order valence-electron chi connectivity index (χ0n) is 41.1. The van der Waals surface area contributed by atoms with Crippen molar-refractivity contribution in [2.75, 3.05) is 19.8 Å². The zero-order chi connectivity index (χ0) is 44.9. The predicted molar refractivity (Wildman–Crippen MR) is 270 cm³/mol. The number of unbranched alkanes of at least 4 members (excludes halogenated alkanes) is 25. The smallest absolute Gasteiger partial charge is 0.306 e. The first-order valence-corrected chi connectivity index (χ1v) is 26.5. The monoisotopic (exact) mass is 865 g/mol. The average Bonchev–Trinajstić information content (AvgIpc) is 3.27. The molecule has 5 heteroatoms. The second kappa shape index (κ2) is 52.7. The molecule has 62 heavy (non-hydrogen) atoms. The highest BCUT2D eigenvalue weighted by Gasteiger charge is 2.17. The topological polar surface area (TPSA) is 61.8 Å². The van der Waals surface area contributed by atoms with Crippen LogP contribution in [0.15, 0.2) is 72.9 Å². The van der Waals surface area contributed by atoms with Crippen molar-refractivity contribution in [3.8, 4) is 0 Å². The summed E-state index contributed by atoms with van der Waals surface area (Å²) in [5.41, 5.74) is 0. The third kappa shape index (κ3) is 50.0. The summed E-state index contributed by atoms with van der Waals surface area (Å²) in [6, 6.07) is 0. The van der Waals surface area contributed by atoms with Gasteiger partial charge >= 0.3 is 11.9 Å². The van der Waals surface area contributed by atoms with Gasteiger partial charge in [-0.25, -0.2) is 0 Å². The fourth-order valence-corrected chi connectivity index (χ4v) is 7.25. The number of hydrogen-bond donors (Lipinski definition) is 0. The van der Waals surface area contributed by atoms with Gasteiger partial charge in [0.2, 0.25) is 0 Å². The first-order valence-electron chi connectivity index (χ1n) is 26.5. The lowest BCUT2D eigenvalue weighted by molar-refractivity contribution is -0.163. The molecule has 0 spiro atoms. The summed E-state index contributed by atoms with van der Waals surface area (Å²) >= 11 is 0. The Morgan fingerprint density at radius 2 is 0.726 bits per heavy atom. The van der Waals surface area contributed by atoms with Gasteiger partial charge in [-0.1, -0.05) is 203 Å². The van der Waals surface area contributed by atoms with Crippen LogP contribution in [0.2, 0.25) is 0 Å². The first kappa shape index (κ1) is 59.3. The average molecular weight is 865 g/mol. The minimum absolute atomic E-state index is 0.0633. The maximum atomic E-state index is 12.8. The SMILES string of the molecule is CC/C=C\C/C=C\C/C=C\C/C=C\CCCCCOCC(COC(=O)CCCCCCC/C=C\CCCCCCCC)OC(=O)CCCCCCC/C=C\CCCCCCCC. The van der Waals surface area contributed by atoms with E-state index in [1.54, 1.807) is 0 Å². The fraction of sp³-hybridized carbons (Fsp3) is 0.754. The molecule has 0 aromatic rings. The third-order valence-electron chi connectivity index (χ3n) is 11.2. The number of carbonyl (C=O) groups excluding carboxylic acids is 2. The summed E-state index contributed by atoms with van der Waals surface area (Å²) in [5.74, 6) is -0.431. The van der Waals surface area contributed by atoms with Crippen LogP contribution < -0.4 is 0 Å². The molecule has 0 fully saturated rings. The molecular formula is C57H100O5. The highest BCUT2D eigenvalue weighted by molar-refractivity contribution is 5.70. The Hall–Kier alpha value is -2.66. The van der Waals surface area contributed by atoms with Crippen molar-refractivity contribution >= 4 is 11.9 Å². The van der Waals surface area contributed by atoms with E-state index in [0.29, 0.717) is 19.4 Å². The van der Waals surface area contributed by atoms with E-state index in [1.807, 2.05) is 0 Å². The highest BCUT2D eigenvalue weighted by atomic mass is 16.6. The van der Waals surface area contributed by atoms with Crippen LogP contribution >= 0.6 is 0 Å². The van der Waals surface area contributed by atoms with Crippen molar-refractivity contribution in [1.29, 1.82) is 0 Å². The van der Waals surface area contributed by atoms with Crippen LogP contribution in [0.4, 0.5) is 0 Å². The Morgan fingerprint density at radius 3 is 1.18 bits per heavy atom. The molecule has 1 unspecified atom stereocenters. The Balaban J connectivity index is 4.35. The predicted octanol–water partition coefficient (Wildman–Crippen LogP) is 17.9. The first-order chi connectivity index (χ1) is 30.6. The maximum Gasteiger partial charge on any atom is 0.306 e. The summed E-state index contributed by atoms with van der Waals surface area (Å²) in [6.45, 7) is 7.63. The maximum absolute atomic E-state index is 12.8. The summed E-state index contributed by atoms with van der Waals surface area (Å²) in [7, 11) is 0. The molecule has 1 atom stereocenters. The summed E-state index contributed by atoms with van der Waals surface area (Å²) < 4.78 is 17.4. The Labute approximate surface area is 385 Å². The van der Waals surface area contributed by atoms with Crippen LogP contribution in [0.3, 0.4) is 0 Å². The molecule has 0 rings (SSSR count). The Kier molecular flexibility index (Phi) is 50.4. The molecule has 0 N–H and O–H groups in total. The molecule has 0 aromatic heterocycles. The molecule has 0 saturated carbocycles.